The van der Waals surface area contributed by atoms with E-state index in [1.165, 1.54) is 6.07 Å². The van der Waals surface area contributed by atoms with Crippen molar-refractivity contribution in [1.29, 1.82) is 0 Å². The van der Waals surface area contributed by atoms with Crippen LogP contribution in [0.1, 0.15) is 10.4 Å². The van der Waals surface area contributed by atoms with Gasteiger partial charge in [-0.05, 0) is 40.3 Å². The normalized spacial score (nSPS) is 11.3. The summed E-state index contributed by atoms with van der Waals surface area (Å²) in [6, 6.07) is 5.15. The fourth-order valence-corrected chi connectivity index (χ4v) is 3.69. The number of hydrogen-bond acceptors (Lipinski definition) is 3. The van der Waals surface area contributed by atoms with Crippen LogP contribution in [0.3, 0.4) is 0 Å². The predicted octanol–water partition coefficient (Wildman–Crippen LogP) is 3.35. The van der Waals surface area contributed by atoms with Crippen molar-refractivity contribution >= 4 is 44.0 Å². The van der Waals surface area contributed by atoms with E-state index in [1.807, 2.05) is 16.9 Å². The van der Waals surface area contributed by atoms with Gasteiger partial charge in [-0.15, -0.1) is 11.3 Å². The van der Waals surface area contributed by atoms with Crippen molar-refractivity contribution in [2.24, 2.45) is 5.73 Å². The molecule has 0 aliphatic heterocycles. The van der Waals surface area contributed by atoms with Crippen LogP contribution in [-0.2, 0) is 13.1 Å². The highest BCUT2D eigenvalue weighted by Gasteiger charge is 2.15. The zero-order valence-electron chi connectivity index (χ0n) is 9.94. The van der Waals surface area contributed by atoms with Gasteiger partial charge in [-0.25, -0.2) is 4.39 Å². The quantitative estimate of drug-likeness (QED) is 0.701. The molecule has 0 saturated heterocycles. The van der Waals surface area contributed by atoms with Gasteiger partial charge in [-0.3, -0.25) is 4.68 Å². The molecule has 2 N–H and O–H groups in total. The molecule has 0 aliphatic carbocycles. The van der Waals surface area contributed by atoms with E-state index in [4.69, 9.17) is 5.73 Å². The highest BCUT2D eigenvalue weighted by Crippen LogP contribution is 2.33. The third-order valence-corrected chi connectivity index (χ3v) is 4.73. The molecule has 0 spiro atoms. The van der Waals surface area contributed by atoms with Crippen molar-refractivity contribution in [2.45, 2.75) is 13.1 Å². The van der Waals surface area contributed by atoms with Gasteiger partial charge in [0.25, 0.3) is 0 Å². The summed E-state index contributed by atoms with van der Waals surface area (Å²) >= 11 is 3.76. The van der Waals surface area contributed by atoms with Gasteiger partial charge in [0.05, 0.1) is 16.3 Å². The molecule has 3 nitrogen and oxygen atoms in total. The first-order valence-corrected chi connectivity index (χ1v) is 7.65. The molecule has 2 heterocycles. The number of hydrogen-bond donors (Lipinski definition) is 1. The fourth-order valence-electron chi connectivity index (χ4n) is 2.13. The van der Waals surface area contributed by atoms with Crippen molar-refractivity contribution in [3.63, 3.8) is 0 Å². The average molecular weight is 387 g/mol. The summed E-state index contributed by atoms with van der Waals surface area (Å²) < 4.78 is 17.9. The van der Waals surface area contributed by atoms with Gasteiger partial charge >= 0.3 is 0 Å². The fraction of sp³-hybridized carbons (Fsp3) is 0.154. The number of benzene rings is 1. The van der Waals surface area contributed by atoms with Crippen LogP contribution in [0.4, 0.5) is 4.39 Å². The van der Waals surface area contributed by atoms with Gasteiger partial charge in [-0.1, -0.05) is 6.07 Å². The number of fused-ring (bicyclic) bond motifs is 1. The minimum absolute atomic E-state index is 0.190. The van der Waals surface area contributed by atoms with E-state index in [1.54, 1.807) is 23.6 Å². The highest BCUT2D eigenvalue weighted by molar-refractivity contribution is 14.1. The first kappa shape index (κ1) is 13.0. The third kappa shape index (κ3) is 2.39. The Kier molecular flexibility index (Phi) is 3.55. The molecule has 2 aromatic heterocycles. The van der Waals surface area contributed by atoms with Crippen LogP contribution in [0.2, 0.25) is 0 Å². The lowest BCUT2D eigenvalue weighted by atomic mass is 10.1. The Bertz CT molecular complexity index is 735. The lowest BCUT2D eigenvalue weighted by Gasteiger charge is -2.04. The predicted molar refractivity (Wildman–Crippen MR) is 83.7 cm³/mol. The Balaban J connectivity index is 2.15. The molecule has 0 aliphatic rings. The molecule has 98 valence electrons. The molecule has 6 heteroatoms. The summed E-state index contributed by atoms with van der Waals surface area (Å²) in [5.41, 5.74) is 6.72. The van der Waals surface area contributed by atoms with Crippen molar-refractivity contribution in [3.05, 3.63) is 50.4 Å². The second-order valence-corrected chi connectivity index (χ2v) is 6.56. The van der Waals surface area contributed by atoms with Crippen LogP contribution in [-0.4, -0.2) is 9.78 Å². The molecule has 1 aromatic carbocycles. The standard InChI is InChI=1S/C13H11FIN3S/c14-10-2-1-3-11-13(10)9(12(4-16)19-11)7-18-6-8(15)5-17-18/h1-3,5-6H,4,7,16H2. The largest absolute Gasteiger partial charge is 0.326 e. The average Bonchev–Trinajstić information content (AvgIpc) is 2.95. The van der Waals surface area contributed by atoms with E-state index in [2.05, 4.69) is 27.7 Å². The Morgan fingerprint density at radius 1 is 1.42 bits per heavy atom. The molecule has 19 heavy (non-hydrogen) atoms. The summed E-state index contributed by atoms with van der Waals surface area (Å²) in [6.07, 6.45) is 3.72. The summed E-state index contributed by atoms with van der Waals surface area (Å²) in [7, 11) is 0. The van der Waals surface area contributed by atoms with Crippen molar-refractivity contribution in [2.75, 3.05) is 0 Å². The van der Waals surface area contributed by atoms with Gasteiger partial charge in [-0.2, -0.15) is 5.10 Å². The van der Waals surface area contributed by atoms with Gasteiger partial charge in [0.15, 0.2) is 0 Å². The second-order valence-electron chi connectivity index (χ2n) is 4.18. The first-order chi connectivity index (χ1) is 9.19. The van der Waals surface area contributed by atoms with Gasteiger partial charge in [0, 0.05) is 27.7 Å². The Morgan fingerprint density at radius 3 is 2.95 bits per heavy atom. The van der Waals surface area contributed by atoms with E-state index in [-0.39, 0.29) is 5.82 Å². The number of nitrogens with zero attached hydrogens (tertiary/aromatic N) is 2. The molecule has 0 bridgehead atoms. The minimum Gasteiger partial charge on any atom is -0.326 e. The Hall–Kier alpha value is -0.990. The number of rotatable bonds is 3. The lowest BCUT2D eigenvalue weighted by molar-refractivity contribution is 0.635. The number of aromatic nitrogens is 2. The Morgan fingerprint density at radius 2 is 2.26 bits per heavy atom. The zero-order valence-corrected chi connectivity index (χ0v) is 12.9. The van der Waals surface area contributed by atoms with Crippen LogP contribution in [0.15, 0.2) is 30.6 Å². The van der Waals surface area contributed by atoms with Crippen LogP contribution in [0, 0.1) is 9.39 Å². The smallest absolute Gasteiger partial charge is 0.132 e. The monoisotopic (exact) mass is 387 g/mol. The third-order valence-electron chi connectivity index (χ3n) is 2.95. The topological polar surface area (TPSA) is 43.8 Å². The Labute approximate surface area is 127 Å². The lowest BCUT2D eigenvalue weighted by Crippen LogP contribution is -2.04. The summed E-state index contributed by atoms with van der Waals surface area (Å²) in [5, 5.41) is 4.93. The SMILES string of the molecule is NCc1sc2cccc(F)c2c1Cn1cc(I)cn1. The van der Waals surface area contributed by atoms with Crippen molar-refractivity contribution < 1.29 is 4.39 Å². The molecule has 0 fully saturated rings. The van der Waals surface area contributed by atoms with Gasteiger partial charge in [0.1, 0.15) is 5.82 Å². The van der Waals surface area contributed by atoms with E-state index in [0.717, 1.165) is 18.7 Å². The van der Waals surface area contributed by atoms with E-state index in [0.29, 0.717) is 18.5 Å². The molecular weight excluding hydrogens is 376 g/mol. The molecule has 0 radical (unpaired) electrons. The number of halogens is 2. The molecule has 3 rings (SSSR count). The minimum atomic E-state index is -0.190. The maximum atomic E-state index is 14.0. The molecule has 0 unspecified atom stereocenters. The van der Waals surface area contributed by atoms with Crippen LogP contribution >= 0.6 is 33.9 Å². The summed E-state index contributed by atoms with van der Waals surface area (Å²) in [4.78, 5) is 1.02. The highest BCUT2D eigenvalue weighted by atomic mass is 127. The van der Waals surface area contributed by atoms with E-state index >= 15 is 0 Å². The maximum absolute atomic E-state index is 14.0. The van der Waals surface area contributed by atoms with Crippen molar-refractivity contribution in [3.8, 4) is 0 Å². The van der Waals surface area contributed by atoms with Gasteiger partial charge in [0.2, 0.25) is 0 Å². The maximum Gasteiger partial charge on any atom is 0.132 e. The zero-order chi connectivity index (χ0) is 13.4. The molecule has 0 atom stereocenters. The second kappa shape index (κ2) is 5.18. The van der Waals surface area contributed by atoms with Crippen LogP contribution in [0.5, 0.6) is 0 Å². The molecule has 0 amide bonds. The summed E-state index contributed by atoms with van der Waals surface area (Å²) in [5.74, 6) is -0.190. The van der Waals surface area contributed by atoms with Gasteiger partial charge < -0.3 is 5.73 Å². The number of nitrogens with two attached hydrogens (primary N) is 1. The molecule has 0 saturated carbocycles. The molecular formula is C13H11FIN3S. The van der Waals surface area contributed by atoms with E-state index in [9.17, 15) is 4.39 Å². The molecule has 3 aromatic rings. The van der Waals surface area contributed by atoms with Crippen molar-refractivity contribution in [1.82, 2.24) is 9.78 Å². The van der Waals surface area contributed by atoms with Crippen LogP contribution < -0.4 is 5.73 Å². The number of thiophene rings is 1. The van der Waals surface area contributed by atoms with E-state index < -0.39 is 0 Å². The summed E-state index contributed by atoms with van der Waals surface area (Å²) in [6.45, 7) is 0.975. The first-order valence-electron chi connectivity index (χ1n) is 5.76. The van der Waals surface area contributed by atoms with Crippen LogP contribution in [0.25, 0.3) is 10.1 Å².